The van der Waals surface area contributed by atoms with Crippen LogP contribution >= 0.6 is 0 Å². The molecule has 25 heavy (non-hydrogen) atoms. The van der Waals surface area contributed by atoms with E-state index in [1.807, 2.05) is 35.6 Å². The van der Waals surface area contributed by atoms with Gasteiger partial charge in [-0.15, -0.1) is 0 Å². The van der Waals surface area contributed by atoms with E-state index in [0.717, 1.165) is 31.7 Å². The van der Waals surface area contributed by atoms with Crippen LogP contribution in [0.25, 0.3) is 0 Å². The summed E-state index contributed by atoms with van der Waals surface area (Å²) in [6.45, 7) is 7.93. The Bertz CT molecular complexity index is 711. The van der Waals surface area contributed by atoms with Gasteiger partial charge in [-0.05, 0) is 52.8 Å². The summed E-state index contributed by atoms with van der Waals surface area (Å²) >= 11 is 0. The van der Waals surface area contributed by atoms with Crippen LogP contribution in [0.5, 0.6) is 0 Å². The van der Waals surface area contributed by atoms with Gasteiger partial charge in [0.25, 0.3) is 0 Å². The number of aromatic nitrogens is 4. The molecule has 0 aromatic carbocycles. The number of hydrogen-bond acceptors (Lipinski definition) is 4. The first-order chi connectivity index (χ1) is 12.0. The van der Waals surface area contributed by atoms with Gasteiger partial charge in [0.15, 0.2) is 0 Å². The first-order valence-corrected chi connectivity index (χ1v) is 9.03. The number of piperidine rings is 1. The molecule has 2 aromatic rings. The quantitative estimate of drug-likeness (QED) is 0.904. The Hall–Kier alpha value is -2.15. The van der Waals surface area contributed by atoms with Crippen LogP contribution in [0.4, 0.5) is 5.82 Å². The Morgan fingerprint density at radius 1 is 1.16 bits per heavy atom. The molecule has 1 aliphatic heterocycles. The first-order valence-electron chi connectivity index (χ1n) is 9.03. The second-order valence-electron chi connectivity index (χ2n) is 7.11. The van der Waals surface area contributed by atoms with Crippen LogP contribution in [0.2, 0.25) is 0 Å². The van der Waals surface area contributed by atoms with Crippen molar-refractivity contribution >= 4 is 11.7 Å². The summed E-state index contributed by atoms with van der Waals surface area (Å²) in [6, 6.07) is 4.02. The molecule has 1 unspecified atom stereocenters. The van der Waals surface area contributed by atoms with E-state index >= 15 is 0 Å². The fourth-order valence-corrected chi connectivity index (χ4v) is 3.59. The summed E-state index contributed by atoms with van der Waals surface area (Å²) in [5, 5.41) is 11.6. The van der Waals surface area contributed by atoms with Crippen LogP contribution < -0.4 is 5.32 Å². The van der Waals surface area contributed by atoms with Crippen LogP contribution in [0.1, 0.15) is 51.3 Å². The van der Waals surface area contributed by atoms with Gasteiger partial charge in [0, 0.05) is 37.0 Å². The summed E-state index contributed by atoms with van der Waals surface area (Å²) in [5.41, 5.74) is 1.29. The lowest BCUT2D eigenvalue weighted by atomic mass is 9.92. The standard InChI is InChI=1S/C18H28N6O/c1-13(2)24-17(6-10-20-24)21-18(25)14(3)23-11-7-15(8-12-23)16-5-9-19-22(16)4/h5-6,9-10,13-15H,7-8,11-12H2,1-4H3,(H,21,25). The van der Waals surface area contributed by atoms with Crippen LogP contribution in [-0.4, -0.2) is 49.5 Å². The van der Waals surface area contributed by atoms with Gasteiger partial charge in [0.1, 0.15) is 5.82 Å². The number of nitrogens with one attached hydrogen (secondary N) is 1. The number of rotatable bonds is 5. The maximum absolute atomic E-state index is 12.6. The minimum absolute atomic E-state index is 0.0291. The number of aryl methyl sites for hydroxylation is 1. The second kappa shape index (κ2) is 7.39. The van der Waals surface area contributed by atoms with E-state index in [9.17, 15) is 4.79 Å². The van der Waals surface area contributed by atoms with Gasteiger partial charge in [-0.1, -0.05) is 0 Å². The molecule has 7 heteroatoms. The van der Waals surface area contributed by atoms with E-state index in [-0.39, 0.29) is 18.0 Å². The van der Waals surface area contributed by atoms with E-state index in [4.69, 9.17) is 0 Å². The van der Waals surface area contributed by atoms with Crippen molar-refractivity contribution in [3.63, 3.8) is 0 Å². The number of anilines is 1. The Labute approximate surface area is 149 Å². The van der Waals surface area contributed by atoms with Gasteiger partial charge in [0.2, 0.25) is 5.91 Å². The zero-order valence-corrected chi connectivity index (χ0v) is 15.5. The van der Waals surface area contributed by atoms with Crippen LogP contribution in [-0.2, 0) is 11.8 Å². The highest BCUT2D eigenvalue weighted by atomic mass is 16.2. The van der Waals surface area contributed by atoms with Crippen molar-refractivity contribution in [2.45, 2.75) is 51.6 Å². The van der Waals surface area contributed by atoms with Gasteiger partial charge >= 0.3 is 0 Å². The minimum atomic E-state index is -0.150. The highest BCUT2D eigenvalue weighted by Gasteiger charge is 2.28. The topological polar surface area (TPSA) is 68.0 Å². The average Bonchev–Trinajstić information content (AvgIpc) is 3.23. The summed E-state index contributed by atoms with van der Waals surface area (Å²) in [7, 11) is 2.00. The van der Waals surface area contributed by atoms with Gasteiger partial charge < -0.3 is 5.32 Å². The molecule has 3 rings (SSSR count). The van der Waals surface area contributed by atoms with Gasteiger partial charge in [-0.2, -0.15) is 10.2 Å². The smallest absolute Gasteiger partial charge is 0.242 e. The molecule has 1 fully saturated rings. The van der Waals surface area contributed by atoms with Crippen molar-refractivity contribution in [2.75, 3.05) is 18.4 Å². The molecule has 1 N–H and O–H groups in total. The average molecular weight is 344 g/mol. The fourth-order valence-electron chi connectivity index (χ4n) is 3.59. The number of carbonyl (C=O) groups is 1. The highest BCUT2D eigenvalue weighted by Crippen LogP contribution is 2.28. The summed E-state index contributed by atoms with van der Waals surface area (Å²) < 4.78 is 3.79. The fraction of sp³-hybridized carbons (Fsp3) is 0.611. The maximum Gasteiger partial charge on any atom is 0.242 e. The van der Waals surface area contributed by atoms with Gasteiger partial charge in [-0.3, -0.25) is 14.4 Å². The number of amides is 1. The molecular weight excluding hydrogens is 316 g/mol. The summed E-state index contributed by atoms with van der Waals surface area (Å²) in [6.07, 6.45) is 5.69. The first kappa shape index (κ1) is 17.7. The molecule has 7 nitrogen and oxygen atoms in total. The molecular formula is C18H28N6O. The Morgan fingerprint density at radius 3 is 2.44 bits per heavy atom. The number of likely N-dealkylation sites (tertiary alicyclic amines) is 1. The molecule has 0 bridgehead atoms. The molecule has 1 atom stereocenters. The predicted octanol–water partition coefficient (Wildman–Crippen LogP) is 2.40. The van der Waals surface area contributed by atoms with Crippen LogP contribution in [0.3, 0.4) is 0 Å². The zero-order chi connectivity index (χ0) is 18.0. The largest absolute Gasteiger partial charge is 0.310 e. The second-order valence-corrected chi connectivity index (χ2v) is 7.11. The molecule has 1 aliphatic rings. The highest BCUT2D eigenvalue weighted by molar-refractivity contribution is 5.93. The van der Waals surface area contributed by atoms with E-state index in [0.29, 0.717) is 5.92 Å². The minimum Gasteiger partial charge on any atom is -0.310 e. The molecule has 0 spiro atoms. The monoisotopic (exact) mass is 344 g/mol. The predicted molar refractivity (Wildman–Crippen MR) is 97.5 cm³/mol. The third-order valence-corrected chi connectivity index (χ3v) is 5.14. The molecule has 0 saturated carbocycles. The van der Waals surface area contributed by atoms with Gasteiger partial charge in [-0.25, -0.2) is 4.68 Å². The molecule has 1 amide bonds. The summed E-state index contributed by atoms with van der Waals surface area (Å²) in [4.78, 5) is 14.9. The van der Waals surface area contributed by atoms with Crippen molar-refractivity contribution in [3.8, 4) is 0 Å². The van der Waals surface area contributed by atoms with E-state index in [2.05, 4.69) is 40.3 Å². The maximum atomic E-state index is 12.6. The third-order valence-electron chi connectivity index (χ3n) is 5.14. The lowest BCUT2D eigenvalue weighted by Gasteiger charge is -2.35. The zero-order valence-electron chi connectivity index (χ0n) is 15.5. The normalized spacial score (nSPS) is 17.8. The SMILES string of the molecule is CC(C(=O)Nc1ccnn1C(C)C)N1CCC(c2ccnn2C)CC1. The van der Waals surface area contributed by atoms with Crippen molar-refractivity contribution in [3.05, 3.63) is 30.2 Å². The Morgan fingerprint density at radius 2 is 1.84 bits per heavy atom. The molecule has 136 valence electrons. The van der Waals surface area contributed by atoms with E-state index in [1.165, 1.54) is 5.69 Å². The van der Waals surface area contributed by atoms with Gasteiger partial charge in [0.05, 0.1) is 12.2 Å². The van der Waals surface area contributed by atoms with Crippen LogP contribution in [0.15, 0.2) is 24.5 Å². The van der Waals surface area contributed by atoms with E-state index < -0.39 is 0 Å². The van der Waals surface area contributed by atoms with Crippen molar-refractivity contribution in [1.29, 1.82) is 0 Å². The number of hydrogen-bond donors (Lipinski definition) is 1. The lowest BCUT2D eigenvalue weighted by Crippen LogP contribution is -2.46. The number of nitrogens with zero attached hydrogens (tertiary/aromatic N) is 5. The summed E-state index contributed by atoms with van der Waals surface area (Å²) in [5.74, 6) is 1.32. The molecule has 0 aliphatic carbocycles. The van der Waals surface area contributed by atoms with E-state index in [1.54, 1.807) is 6.20 Å². The van der Waals surface area contributed by atoms with Crippen molar-refractivity contribution in [2.24, 2.45) is 7.05 Å². The Balaban J connectivity index is 1.57. The Kier molecular flexibility index (Phi) is 5.22. The number of carbonyl (C=O) groups excluding carboxylic acids is 1. The third kappa shape index (κ3) is 3.76. The lowest BCUT2D eigenvalue weighted by molar-refractivity contribution is -0.121. The molecule has 0 radical (unpaired) electrons. The molecule has 2 aromatic heterocycles. The van der Waals surface area contributed by atoms with Crippen LogP contribution in [0, 0.1) is 0 Å². The van der Waals surface area contributed by atoms with Crippen molar-refractivity contribution in [1.82, 2.24) is 24.5 Å². The molecule has 1 saturated heterocycles. The van der Waals surface area contributed by atoms with Crippen molar-refractivity contribution < 1.29 is 4.79 Å². The molecule has 3 heterocycles.